The number of hydrogen-bond acceptors (Lipinski definition) is 6. The van der Waals surface area contributed by atoms with Crippen molar-refractivity contribution in [3.63, 3.8) is 0 Å². The Morgan fingerprint density at radius 3 is 2.58 bits per heavy atom. The van der Waals surface area contributed by atoms with E-state index in [2.05, 4.69) is 19.9 Å². The first-order valence-electron chi connectivity index (χ1n) is 10.7. The van der Waals surface area contributed by atoms with E-state index in [0.717, 1.165) is 36.9 Å². The van der Waals surface area contributed by atoms with Crippen molar-refractivity contribution >= 4 is 5.91 Å². The van der Waals surface area contributed by atoms with Gasteiger partial charge < -0.3 is 9.64 Å². The van der Waals surface area contributed by atoms with E-state index < -0.39 is 0 Å². The van der Waals surface area contributed by atoms with E-state index in [9.17, 15) is 4.79 Å². The molecule has 158 valence electrons. The van der Waals surface area contributed by atoms with Gasteiger partial charge in [0.2, 0.25) is 5.88 Å². The third-order valence-corrected chi connectivity index (χ3v) is 6.17. The third kappa shape index (κ3) is 3.87. The number of fused-ring (bicyclic) bond motifs is 3. The van der Waals surface area contributed by atoms with E-state index in [0.29, 0.717) is 28.9 Å². The molecular formula is C24H25N5O2. The topological polar surface area (TPSA) is 81.1 Å². The molecule has 0 radical (unpaired) electrons. The molecule has 2 aliphatic heterocycles. The molecule has 1 amide bonds. The van der Waals surface area contributed by atoms with Gasteiger partial charge in [0.25, 0.3) is 5.91 Å². The molecule has 5 heterocycles. The van der Waals surface area contributed by atoms with Gasteiger partial charge in [-0.3, -0.25) is 9.78 Å². The average Bonchev–Trinajstić information content (AvgIpc) is 2.81. The molecule has 3 fully saturated rings. The molecule has 3 aromatic heterocycles. The predicted octanol–water partition coefficient (Wildman–Crippen LogP) is 3.62. The lowest BCUT2D eigenvalue weighted by Crippen LogP contribution is -2.59. The third-order valence-electron chi connectivity index (χ3n) is 6.17. The van der Waals surface area contributed by atoms with E-state index in [1.165, 1.54) is 0 Å². The summed E-state index contributed by atoms with van der Waals surface area (Å²) in [5.41, 5.74) is 3.13. The molecule has 31 heavy (non-hydrogen) atoms. The Morgan fingerprint density at radius 2 is 1.84 bits per heavy atom. The highest BCUT2D eigenvalue weighted by atomic mass is 16.5. The summed E-state index contributed by atoms with van der Waals surface area (Å²) in [5.74, 6) is 1.47. The van der Waals surface area contributed by atoms with Crippen LogP contribution < -0.4 is 4.74 Å². The minimum absolute atomic E-state index is 0.00764. The molecule has 0 N–H and O–H groups in total. The summed E-state index contributed by atoms with van der Waals surface area (Å²) in [6.45, 7) is 4.69. The Kier molecular flexibility index (Phi) is 5.10. The summed E-state index contributed by atoms with van der Waals surface area (Å²) in [7, 11) is 0. The van der Waals surface area contributed by atoms with Crippen LogP contribution in [0.5, 0.6) is 5.88 Å². The van der Waals surface area contributed by atoms with Crippen LogP contribution in [0.15, 0.2) is 49.1 Å². The number of carbonyl (C=O) groups excluding carboxylic acids is 1. The largest absolute Gasteiger partial charge is 0.472 e. The summed E-state index contributed by atoms with van der Waals surface area (Å²) in [6, 6.07) is 7.60. The number of aromatic nitrogens is 4. The molecule has 7 heteroatoms. The van der Waals surface area contributed by atoms with E-state index in [1.54, 1.807) is 24.7 Å². The van der Waals surface area contributed by atoms with Gasteiger partial charge in [0.15, 0.2) is 5.82 Å². The minimum Gasteiger partial charge on any atom is -0.472 e. The number of rotatable bonds is 4. The van der Waals surface area contributed by atoms with Crippen molar-refractivity contribution in [1.29, 1.82) is 0 Å². The summed E-state index contributed by atoms with van der Waals surface area (Å²) in [6.07, 6.45) is 9.82. The Balaban J connectivity index is 1.44. The number of amides is 1. The van der Waals surface area contributed by atoms with Gasteiger partial charge in [0.05, 0.1) is 11.6 Å². The molecule has 0 aromatic carbocycles. The second kappa shape index (κ2) is 8.06. The van der Waals surface area contributed by atoms with Crippen LogP contribution in [-0.2, 0) is 0 Å². The van der Waals surface area contributed by atoms with Crippen LogP contribution in [-0.4, -0.2) is 49.4 Å². The zero-order chi connectivity index (χ0) is 21.4. The highest BCUT2D eigenvalue weighted by molar-refractivity contribution is 5.98. The molecule has 3 aromatic rings. The average molecular weight is 415 g/mol. The SMILES string of the molecule is Cc1ccc(O[C@@H]2C[C@H]3CC[C@@H]2N(C(=O)c2ncc(C)cc2-c2ncccn2)C3)nc1. The Labute approximate surface area is 181 Å². The maximum absolute atomic E-state index is 13.7. The van der Waals surface area contributed by atoms with Gasteiger partial charge in [0.1, 0.15) is 11.8 Å². The fourth-order valence-electron chi connectivity index (χ4n) is 4.66. The molecule has 1 saturated carbocycles. The maximum atomic E-state index is 13.7. The molecular weight excluding hydrogens is 390 g/mol. The fraction of sp³-hybridized carbons (Fsp3) is 0.375. The zero-order valence-electron chi connectivity index (χ0n) is 17.7. The van der Waals surface area contributed by atoms with Gasteiger partial charge in [-0.25, -0.2) is 15.0 Å². The van der Waals surface area contributed by atoms with Gasteiger partial charge >= 0.3 is 0 Å². The number of carbonyl (C=O) groups is 1. The van der Waals surface area contributed by atoms with Gasteiger partial charge in [-0.2, -0.15) is 0 Å². The normalized spacial score (nSPS) is 22.4. The second-order valence-corrected chi connectivity index (χ2v) is 8.52. The molecule has 7 nitrogen and oxygen atoms in total. The van der Waals surface area contributed by atoms with Gasteiger partial charge in [-0.05, 0) is 62.3 Å². The summed E-state index contributed by atoms with van der Waals surface area (Å²) < 4.78 is 6.24. The maximum Gasteiger partial charge on any atom is 0.273 e. The number of aryl methyl sites for hydroxylation is 2. The molecule has 6 rings (SSSR count). The van der Waals surface area contributed by atoms with E-state index in [-0.39, 0.29) is 18.1 Å². The molecule has 2 saturated heterocycles. The first kappa shape index (κ1) is 19.6. The van der Waals surface area contributed by atoms with Crippen molar-refractivity contribution in [3.05, 3.63) is 65.9 Å². The van der Waals surface area contributed by atoms with E-state index in [1.807, 2.05) is 43.1 Å². The Bertz CT molecular complexity index is 1090. The van der Waals surface area contributed by atoms with Gasteiger partial charge in [-0.1, -0.05) is 6.07 Å². The first-order valence-corrected chi connectivity index (χ1v) is 10.7. The fourth-order valence-corrected chi connectivity index (χ4v) is 4.66. The molecule has 0 spiro atoms. The highest BCUT2D eigenvalue weighted by Gasteiger charge is 2.45. The molecule has 0 unspecified atom stereocenters. The van der Waals surface area contributed by atoms with Crippen LogP contribution in [0.2, 0.25) is 0 Å². The molecule has 3 atom stereocenters. The van der Waals surface area contributed by atoms with Crippen molar-refractivity contribution in [2.75, 3.05) is 6.54 Å². The van der Waals surface area contributed by atoms with Crippen LogP contribution >= 0.6 is 0 Å². The molecule has 2 bridgehead atoms. The second-order valence-electron chi connectivity index (χ2n) is 8.52. The molecule has 3 aliphatic rings. The quantitative estimate of drug-likeness (QED) is 0.647. The lowest BCUT2D eigenvalue weighted by molar-refractivity contribution is -0.0315. The standard InChI is InChI=1S/C24H25N5O2/c1-15-4-7-21(27-12-15)31-20-11-17-5-6-19(20)29(14-17)24(30)22-18(10-16(2)13-28-22)23-25-8-3-9-26-23/h3-4,7-10,12-13,17,19-20H,5-6,11,14H2,1-2H3/t17-,19+,20-/m1/s1. The van der Waals surface area contributed by atoms with Crippen LogP contribution in [0.25, 0.3) is 11.4 Å². The Hall–Kier alpha value is -3.35. The van der Waals surface area contributed by atoms with Crippen molar-refractivity contribution in [3.8, 4) is 17.3 Å². The first-order chi connectivity index (χ1) is 15.1. The van der Waals surface area contributed by atoms with Crippen molar-refractivity contribution in [2.24, 2.45) is 5.92 Å². The van der Waals surface area contributed by atoms with Gasteiger partial charge in [0, 0.05) is 37.4 Å². The number of hydrogen-bond donors (Lipinski definition) is 0. The van der Waals surface area contributed by atoms with Crippen LogP contribution in [0, 0.1) is 19.8 Å². The summed E-state index contributed by atoms with van der Waals surface area (Å²) in [4.78, 5) is 33.2. The number of pyridine rings is 2. The van der Waals surface area contributed by atoms with Crippen molar-refractivity contribution in [1.82, 2.24) is 24.8 Å². The smallest absolute Gasteiger partial charge is 0.273 e. The summed E-state index contributed by atoms with van der Waals surface area (Å²) in [5, 5.41) is 0. The van der Waals surface area contributed by atoms with Crippen molar-refractivity contribution < 1.29 is 9.53 Å². The van der Waals surface area contributed by atoms with Crippen LogP contribution in [0.1, 0.15) is 40.9 Å². The van der Waals surface area contributed by atoms with Gasteiger partial charge in [-0.15, -0.1) is 0 Å². The number of piperidine rings is 2. The number of ether oxygens (including phenoxy) is 1. The Morgan fingerprint density at radius 1 is 1.03 bits per heavy atom. The van der Waals surface area contributed by atoms with E-state index in [4.69, 9.17) is 4.74 Å². The predicted molar refractivity (Wildman–Crippen MR) is 116 cm³/mol. The monoisotopic (exact) mass is 415 g/mol. The molecule has 1 aliphatic carbocycles. The highest BCUT2D eigenvalue weighted by Crippen LogP contribution is 2.38. The van der Waals surface area contributed by atoms with Crippen molar-refractivity contribution in [2.45, 2.75) is 45.3 Å². The van der Waals surface area contributed by atoms with Crippen LogP contribution in [0.3, 0.4) is 0 Å². The van der Waals surface area contributed by atoms with E-state index >= 15 is 0 Å². The lowest BCUT2D eigenvalue weighted by atomic mass is 9.77. The zero-order valence-corrected chi connectivity index (χ0v) is 17.7. The summed E-state index contributed by atoms with van der Waals surface area (Å²) >= 11 is 0. The van der Waals surface area contributed by atoms with Crippen LogP contribution in [0.4, 0.5) is 0 Å². The number of nitrogens with zero attached hydrogens (tertiary/aromatic N) is 5. The minimum atomic E-state index is -0.0812. The lowest BCUT2D eigenvalue weighted by Gasteiger charge is -2.49.